The number of carbonyl (C=O) groups is 1. The number of anilines is 2. The van der Waals surface area contributed by atoms with Gasteiger partial charge >= 0.3 is 0 Å². The van der Waals surface area contributed by atoms with Gasteiger partial charge in [0, 0.05) is 17.2 Å². The summed E-state index contributed by atoms with van der Waals surface area (Å²) in [4.78, 5) is 11.9. The summed E-state index contributed by atoms with van der Waals surface area (Å²) in [5.41, 5.74) is 1.52. The van der Waals surface area contributed by atoms with Crippen LogP contribution >= 0.6 is 0 Å². The van der Waals surface area contributed by atoms with E-state index in [-0.39, 0.29) is 17.9 Å². The number of ether oxygens (including phenoxy) is 1. The van der Waals surface area contributed by atoms with Gasteiger partial charge in [0.25, 0.3) is 0 Å². The lowest BCUT2D eigenvalue weighted by Gasteiger charge is -2.12. The predicted octanol–water partition coefficient (Wildman–Crippen LogP) is 3.42. The molecule has 0 aliphatic carbocycles. The normalized spacial score (nSPS) is 11.1. The molecule has 0 aliphatic heterocycles. The zero-order valence-corrected chi connectivity index (χ0v) is 14.0. The summed E-state index contributed by atoms with van der Waals surface area (Å²) in [5, 5.41) is 9.68. The third-order valence-corrected chi connectivity index (χ3v) is 3.16. The fourth-order valence-electron chi connectivity index (χ4n) is 1.89. The minimum Gasteiger partial charge on any atom is -0.494 e. The van der Waals surface area contributed by atoms with Crippen LogP contribution in [0, 0.1) is 0 Å². The molecule has 0 saturated carbocycles. The van der Waals surface area contributed by atoms with Crippen molar-refractivity contribution in [1.82, 2.24) is 5.16 Å². The van der Waals surface area contributed by atoms with E-state index >= 15 is 0 Å². The third-order valence-electron chi connectivity index (χ3n) is 3.16. The molecule has 1 aromatic heterocycles. The van der Waals surface area contributed by atoms with Crippen molar-refractivity contribution in [2.75, 3.05) is 23.8 Å². The molecule has 1 amide bonds. The molecular formula is C17H23N3O3. The van der Waals surface area contributed by atoms with E-state index in [2.05, 4.69) is 15.8 Å². The molecule has 1 heterocycles. The Balaban J connectivity index is 1.84. The van der Waals surface area contributed by atoms with Crippen LogP contribution in [-0.4, -0.2) is 24.2 Å². The lowest BCUT2D eigenvalue weighted by Crippen LogP contribution is -2.21. The molecule has 1 aromatic carbocycles. The van der Waals surface area contributed by atoms with Crippen molar-refractivity contribution in [3.05, 3.63) is 36.0 Å². The van der Waals surface area contributed by atoms with Crippen LogP contribution in [0.4, 0.5) is 11.6 Å². The quantitative estimate of drug-likeness (QED) is 0.853. The largest absolute Gasteiger partial charge is 0.494 e. The van der Waals surface area contributed by atoms with Crippen LogP contribution < -0.4 is 15.4 Å². The molecule has 6 nitrogen and oxygen atoms in total. The summed E-state index contributed by atoms with van der Waals surface area (Å²) >= 11 is 0. The van der Waals surface area contributed by atoms with Gasteiger partial charge in [-0.2, -0.15) is 0 Å². The van der Waals surface area contributed by atoms with Gasteiger partial charge in [0.2, 0.25) is 11.8 Å². The minimum atomic E-state index is -0.199. The number of benzene rings is 1. The lowest BCUT2D eigenvalue weighted by molar-refractivity contribution is -0.114. The zero-order chi connectivity index (χ0) is 16.9. The first kappa shape index (κ1) is 16.9. The molecule has 124 valence electrons. The molecule has 0 unspecified atom stereocenters. The molecule has 2 N–H and O–H groups in total. The van der Waals surface area contributed by atoms with E-state index in [1.54, 1.807) is 6.07 Å². The number of aromatic nitrogens is 1. The Kier molecular flexibility index (Phi) is 5.26. The van der Waals surface area contributed by atoms with Crippen molar-refractivity contribution in [2.24, 2.45) is 0 Å². The first-order valence-electron chi connectivity index (χ1n) is 7.62. The molecule has 0 aliphatic rings. The van der Waals surface area contributed by atoms with Gasteiger partial charge in [0.1, 0.15) is 5.75 Å². The Morgan fingerprint density at radius 1 is 1.26 bits per heavy atom. The summed E-state index contributed by atoms with van der Waals surface area (Å²) in [6.07, 6.45) is 0. The summed E-state index contributed by atoms with van der Waals surface area (Å²) in [6, 6.07) is 9.19. The maximum absolute atomic E-state index is 11.9. The van der Waals surface area contributed by atoms with Crippen molar-refractivity contribution in [2.45, 2.75) is 33.1 Å². The number of nitrogens with zero attached hydrogens (tertiary/aromatic N) is 1. The van der Waals surface area contributed by atoms with Gasteiger partial charge in [-0.25, -0.2) is 0 Å². The van der Waals surface area contributed by atoms with Crippen LogP contribution in [0.15, 0.2) is 34.9 Å². The highest BCUT2D eigenvalue weighted by molar-refractivity contribution is 5.92. The van der Waals surface area contributed by atoms with Gasteiger partial charge in [0.15, 0.2) is 0 Å². The van der Waals surface area contributed by atoms with Crippen molar-refractivity contribution in [3.63, 3.8) is 0 Å². The van der Waals surface area contributed by atoms with E-state index in [0.717, 1.165) is 17.1 Å². The third kappa shape index (κ3) is 5.02. The van der Waals surface area contributed by atoms with Gasteiger partial charge in [0.05, 0.1) is 18.8 Å². The Morgan fingerprint density at radius 3 is 2.52 bits per heavy atom. The van der Waals surface area contributed by atoms with Crippen LogP contribution in [0.25, 0.3) is 0 Å². The number of hydrogen-bond acceptors (Lipinski definition) is 5. The number of carbonyl (C=O) groups excluding carboxylic acids is 1. The molecule has 0 atom stereocenters. The molecule has 0 radical (unpaired) electrons. The highest BCUT2D eigenvalue weighted by Gasteiger charge is 2.19. The second-order valence-electron chi connectivity index (χ2n) is 6.19. The average molecular weight is 317 g/mol. The highest BCUT2D eigenvalue weighted by atomic mass is 16.5. The van der Waals surface area contributed by atoms with Crippen LogP contribution in [0.2, 0.25) is 0 Å². The lowest BCUT2D eigenvalue weighted by atomic mass is 9.92. The molecule has 2 rings (SSSR count). The Labute approximate surface area is 136 Å². The molecule has 23 heavy (non-hydrogen) atoms. The summed E-state index contributed by atoms with van der Waals surface area (Å²) in [6.45, 7) is 8.80. The van der Waals surface area contributed by atoms with Gasteiger partial charge in [-0.3, -0.25) is 10.1 Å². The maximum Gasteiger partial charge on any atom is 0.246 e. The molecule has 6 heteroatoms. The minimum absolute atomic E-state index is 0.118. The number of amides is 1. The van der Waals surface area contributed by atoms with E-state index in [4.69, 9.17) is 9.26 Å². The predicted molar refractivity (Wildman–Crippen MR) is 89.9 cm³/mol. The van der Waals surface area contributed by atoms with E-state index in [1.165, 1.54) is 0 Å². The first-order chi connectivity index (χ1) is 10.9. The van der Waals surface area contributed by atoms with Gasteiger partial charge in [-0.05, 0) is 31.2 Å². The highest BCUT2D eigenvalue weighted by Crippen LogP contribution is 2.23. The van der Waals surface area contributed by atoms with E-state index < -0.39 is 0 Å². The van der Waals surface area contributed by atoms with Crippen molar-refractivity contribution < 1.29 is 14.1 Å². The van der Waals surface area contributed by atoms with E-state index in [1.807, 2.05) is 52.0 Å². The van der Waals surface area contributed by atoms with Crippen LogP contribution in [-0.2, 0) is 10.2 Å². The molecular weight excluding hydrogens is 294 g/mol. The first-order valence-corrected chi connectivity index (χ1v) is 7.62. The zero-order valence-electron chi connectivity index (χ0n) is 14.0. The fourth-order valence-corrected chi connectivity index (χ4v) is 1.89. The fraction of sp³-hybridized carbons (Fsp3) is 0.412. The molecule has 0 fully saturated rings. The number of nitrogens with one attached hydrogen (secondary N) is 2. The summed E-state index contributed by atoms with van der Waals surface area (Å²) in [5.74, 6) is 0.961. The standard InChI is InChI=1S/C17H23N3O3/c1-5-22-13-8-6-12(7-9-13)18-11-15(21)19-16-10-14(20-23-16)17(2,3)4/h6-10,18H,5,11H2,1-4H3,(H,19,21). The van der Waals surface area contributed by atoms with E-state index in [0.29, 0.717) is 12.5 Å². The second-order valence-corrected chi connectivity index (χ2v) is 6.19. The van der Waals surface area contributed by atoms with Crippen molar-refractivity contribution in [1.29, 1.82) is 0 Å². The van der Waals surface area contributed by atoms with Crippen molar-refractivity contribution >= 4 is 17.5 Å². The van der Waals surface area contributed by atoms with Crippen molar-refractivity contribution in [3.8, 4) is 5.75 Å². The maximum atomic E-state index is 11.9. The Morgan fingerprint density at radius 2 is 1.96 bits per heavy atom. The van der Waals surface area contributed by atoms with Crippen LogP contribution in [0.5, 0.6) is 5.75 Å². The van der Waals surface area contributed by atoms with Crippen LogP contribution in [0.3, 0.4) is 0 Å². The molecule has 0 saturated heterocycles. The number of hydrogen-bond donors (Lipinski definition) is 2. The van der Waals surface area contributed by atoms with Gasteiger partial charge in [-0.1, -0.05) is 25.9 Å². The molecule has 0 bridgehead atoms. The smallest absolute Gasteiger partial charge is 0.246 e. The molecule has 0 spiro atoms. The summed E-state index contributed by atoms with van der Waals surface area (Å²) in [7, 11) is 0. The second kappa shape index (κ2) is 7.17. The average Bonchev–Trinajstić information content (AvgIpc) is 2.95. The topological polar surface area (TPSA) is 76.4 Å². The van der Waals surface area contributed by atoms with Crippen LogP contribution in [0.1, 0.15) is 33.4 Å². The van der Waals surface area contributed by atoms with Gasteiger partial charge < -0.3 is 14.6 Å². The Hall–Kier alpha value is -2.50. The summed E-state index contributed by atoms with van der Waals surface area (Å²) < 4.78 is 10.5. The van der Waals surface area contributed by atoms with E-state index in [9.17, 15) is 4.79 Å². The van der Waals surface area contributed by atoms with Gasteiger partial charge in [-0.15, -0.1) is 0 Å². The molecule has 2 aromatic rings. The number of rotatable bonds is 6. The monoisotopic (exact) mass is 317 g/mol. The SMILES string of the molecule is CCOc1ccc(NCC(=O)Nc2cc(C(C)(C)C)no2)cc1. The Bertz CT molecular complexity index is 642.